The van der Waals surface area contributed by atoms with Crippen LogP contribution in [0, 0.1) is 5.92 Å². The summed E-state index contributed by atoms with van der Waals surface area (Å²) in [6.07, 6.45) is 6.61. The molecular weight excluding hydrogens is 180 g/mol. The first-order valence-corrected chi connectivity index (χ1v) is 5.81. The lowest BCUT2D eigenvalue weighted by atomic mass is 9.97. The number of hydrogen-bond acceptors (Lipinski definition) is 3. The molecule has 72 valence electrons. The molecule has 1 aliphatic rings. The number of nitrogens with two attached hydrogens (primary N) is 1. The summed E-state index contributed by atoms with van der Waals surface area (Å²) < 4.78 is 0. The van der Waals surface area contributed by atoms with Crippen LogP contribution in [0.1, 0.15) is 37.6 Å². The summed E-state index contributed by atoms with van der Waals surface area (Å²) in [5.41, 5.74) is 6.24. The van der Waals surface area contributed by atoms with Gasteiger partial charge in [0.05, 0.1) is 5.54 Å². The van der Waals surface area contributed by atoms with Crippen molar-refractivity contribution in [2.24, 2.45) is 11.7 Å². The van der Waals surface area contributed by atoms with Gasteiger partial charge in [-0.2, -0.15) is 0 Å². The Labute approximate surface area is 83.2 Å². The van der Waals surface area contributed by atoms with E-state index >= 15 is 0 Å². The first-order valence-electron chi connectivity index (χ1n) is 4.93. The molecule has 0 spiro atoms. The van der Waals surface area contributed by atoms with Crippen molar-refractivity contribution in [3.05, 3.63) is 16.6 Å². The normalized spacial score (nSPS) is 33.8. The maximum Gasteiger partial charge on any atom is 0.112 e. The van der Waals surface area contributed by atoms with Gasteiger partial charge in [-0.3, -0.25) is 0 Å². The molecule has 2 atom stereocenters. The minimum absolute atomic E-state index is 0.102. The zero-order chi connectivity index (χ0) is 9.31. The monoisotopic (exact) mass is 196 g/mol. The number of thiazole rings is 1. The molecule has 3 heteroatoms. The summed E-state index contributed by atoms with van der Waals surface area (Å²) in [5, 5.41) is 3.15. The second-order valence-electron chi connectivity index (χ2n) is 4.01. The highest BCUT2D eigenvalue weighted by Crippen LogP contribution is 2.41. The number of nitrogens with zero attached hydrogens (tertiary/aromatic N) is 1. The molecule has 2 rings (SSSR count). The van der Waals surface area contributed by atoms with Crippen molar-refractivity contribution in [1.29, 1.82) is 0 Å². The Morgan fingerprint density at radius 1 is 1.77 bits per heavy atom. The minimum atomic E-state index is -0.102. The molecule has 13 heavy (non-hydrogen) atoms. The number of aromatic nitrogens is 1. The molecule has 2 unspecified atom stereocenters. The smallest absolute Gasteiger partial charge is 0.112 e. The molecule has 2 N–H and O–H groups in total. The van der Waals surface area contributed by atoms with Crippen LogP contribution in [0.15, 0.2) is 11.6 Å². The third kappa shape index (κ3) is 1.63. The summed E-state index contributed by atoms with van der Waals surface area (Å²) >= 11 is 1.70. The van der Waals surface area contributed by atoms with Crippen molar-refractivity contribution in [2.75, 3.05) is 0 Å². The highest BCUT2D eigenvalue weighted by atomic mass is 32.1. The van der Waals surface area contributed by atoms with Gasteiger partial charge in [0.2, 0.25) is 0 Å². The van der Waals surface area contributed by atoms with Gasteiger partial charge in [0.15, 0.2) is 0 Å². The van der Waals surface area contributed by atoms with E-state index in [1.54, 1.807) is 11.3 Å². The fraction of sp³-hybridized carbons (Fsp3) is 0.700. The average molecular weight is 196 g/mol. The van der Waals surface area contributed by atoms with Crippen LogP contribution in [-0.4, -0.2) is 4.98 Å². The van der Waals surface area contributed by atoms with Crippen LogP contribution in [0.2, 0.25) is 0 Å². The van der Waals surface area contributed by atoms with E-state index in [1.165, 1.54) is 12.8 Å². The largest absolute Gasteiger partial charge is 0.319 e. The molecule has 0 aromatic carbocycles. The van der Waals surface area contributed by atoms with E-state index in [9.17, 15) is 0 Å². The molecule has 1 saturated carbocycles. The van der Waals surface area contributed by atoms with Crippen LogP contribution in [-0.2, 0) is 5.54 Å². The van der Waals surface area contributed by atoms with Crippen LogP contribution < -0.4 is 5.73 Å². The molecule has 1 heterocycles. The van der Waals surface area contributed by atoms with E-state index < -0.39 is 0 Å². The van der Waals surface area contributed by atoms with Crippen molar-refractivity contribution in [3.8, 4) is 0 Å². The molecule has 0 bridgehead atoms. The van der Waals surface area contributed by atoms with Crippen LogP contribution in [0.4, 0.5) is 0 Å². The maximum absolute atomic E-state index is 6.34. The van der Waals surface area contributed by atoms with E-state index in [0.717, 1.165) is 23.8 Å². The molecule has 1 aliphatic carbocycles. The summed E-state index contributed by atoms with van der Waals surface area (Å²) in [6.45, 7) is 2.25. The lowest BCUT2D eigenvalue weighted by molar-refractivity contribution is 0.422. The molecule has 0 amide bonds. The average Bonchev–Trinajstić information content (AvgIpc) is 2.72. The predicted molar refractivity (Wildman–Crippen MR) is 55.6 cm³/mol. The highest BCUT2D eigenvalue weighted by molar-refractivity contribution is 7.09. The van der Waals surface area contributed by atoms with Gasteiger partial charge in [0.25, 0.3) is 0 Å². The predicted octanol–water partition coefficient (Wildman–Crippen LogP) is 2.51. The molecule has 0 aliphatic heterocycles. The standard InChI is InChI=1S/C10H16N2S/c1-2-8-3-4-10(11,7-8)9-12-5-6-13-9/h5-6,8H,2-4,7,11H2,1H3. The van der Waals surface area contributed by atoms with Gasteiger partial charge in [-0.1, -0.05) is 13.3 Å². The van der Waals surface area contributed by atoms with Crippen LogP contribution in [0.3, 0.4) is 0 Å². The van der Waals surface area contributed by atoms with Gasteiger partial charge in [-0.25, -0.2) is 4.98 Å². The Morgan fingerprint density at radius 3 is 3.15 bits per heavy atom. The molecule has 1 fully saturated rings. The topological polar surface area (TPSA) is 38.9 Å². The van der Waals surface area contributed by atoms with Crippen LogP contribution >= 0.6 is 11.3 Å². The van der Waals surface area contributed by atoms with Crippen molar-refractivity contribution in [3.63, 3.8) is 0 Å². The Kier molecular flexibility index (Phi) is 2.39. The molecule has 1 aromatic rings. The summed E-state index contributed by atoms with van der Waals surface area (Å²) in [5.74, 6) is 0.814. The molecule has 2 nitrogen and oxygen atoms in total. The van der Waals surface area contributed by atoms with Gasteiger partial charge in [0, 0.05) is 11.6 Å². The van der Waals surface area contributed by atoms with Crippen LogP contribution in [0.5, 0.6) is 0 Å². The van der Waals surface area contributed by atoms with Crippen molar-refractivity contribution in [1.82, 2.24) is 4.98 Å². The lowest BCUT2D eigenvalue weighted by Gasteiger charge is -2.20. The second kappa shape index (κ2) is 3.39. The van der Waals surface area contributed by atoms with E-state index in [2.05, 4.69) is 11.9 Å². The first kappa shape index (κ1) is 9.16. The Morgan fingerprint density at radius 2 is 2.62 bits per heavy atom. The van der Waals surface area contributed by atoms with Crippen molar-refractivity contribution >= 4 is 11.3 Å². The summed E-state index contributed by atoms with van der Waals surface area (Å²) in [4.78, 5) is 4.33. The van der Waals surface area contributed by atoms with E-state index in [-0.39, 0.29) is 5.54 Å². The van der Waals surface area contributed by atoms with Gasteiger partial charge >= 0.3 is 0 Å². The van der Waals surface area contributed by atoms with Crippen molar-refractivity contribution in [2.45, 2.75) is 38.1 Å². The minimum Gasteiger partial charge on any atom is -0.319 e. The third-order valence-corrected chi connectivity index (χ3v) is 4.08. The quantitative estimate of drug-likeness (QED) is 0.789. The summed E-state index contributed by atoms with van der Waals surface area (Å²) in [7, 11) is 0. The second-order valence-corrected chi connectivity index (χ2v) is 4.91. The zero-order valence-electron chi connectivity index (χ0n) is 7.99. The Balaban J connectivity index is 2.15. The third-order valence-electron chi connectivity index (χ3n) is 3.09. The Hall–Kier alpha value is -0.410. The SMILES string of the molecule is CCC1CCC(N)(c2nccs2)C1. The van der Waals surface area contributed by atoms with Gasteiger partial charge in [0.1, 0.15) is 5.01 Å². The fourth-order valence-electron chi connectivity index (χ4n) is 2.19. The fourth-order valence-corrected chi connectivity index (χ4v) is 2.99. The molecule has 1 aromatic heterocycles. The van der Waals surface area contributed by atoms with Gasteiger partial charge in [-0.15, -0.1) is 11.3 Å². The maximum atomic E-state index is 6.34. The summed E-state index contributed by atoms with van der Waals surface area (Å²) in [6, 6.07) is 0. The van der Waals surface area contributed by atoms with Gasteiger partial charge < -0.3 is 5.73 Å². The Bertz CT molecular complexity index is 270. The zero-order valence-corrected chi connectivity index (χ0v) is 8.81. The molecule has 0 saturated heterocycles. The highest BCUT2D eigenvalue weighted by Gasteiger charge is 2.38. The number of rotatable bonds is 2. The van der Waals surface area contributed by atoms with Crippen molar-refractivity contribution < 1.29 is 0 Å². The van der Waals surface area contributed by atoms with E-state index in [0.29, 0.717) is 0 Å². The van der Waals surface area contributed by atoms with E-state index in [4.69, 9.17) is 5.73 Å². The molecule has 0 radical (unpaired) electrons. The lowest BCUT2D eigenvalue weighted by Crippen LogP contribution is -2.33. The van der Waals surface area contributed by atoms with Gasteiger partial charge in [-0.05, 0) is 25.2 Å². The first-order chi connectivity index (χ1) is 6.24. The van der Waals surface area contributed by atoms with E-state index in [1.807, 2.05) is 11.6 Å². The number of hydrogen-bond donors (Lipinski definition) is 1. The molecular formula is C10H16N2S. The van der Waals surface area contributed by atoms with Crippen LogP contribution in [0.25, 0.3) is 0 Å².